The summed E-state index contributed by atoms with van der Waals surface area (Å²) >= 11 is 0. The third kappa shape index (κ3) is 4.23. The smallest absolute Gasteiger partial charge is 0.113 e. The molecule has 0 aromatic carbocycles. The number of likely N-dealkylation sites (tertiary alicyclic amines) is 2. The topological polar surface area (TPSA) is 28.2 Å². The van der Waals surface area contributed by atoms with Gasteiger partial charge in [0.2, 0.25) is 0 Å². The van der Waals surface area contributed by atoms with Crippen molar-refractivity contribution in [2.24, 2.45) is 0 Å². The second kappa shape index (κ2) is 7.91. The summed E-state index contributed by atoms with van der Waals surface area (Å²) in [6.07, 6.45) is 5.28. The molecule has 0 saturated carbocycles. The van der Waals surface area contributed by atoms with Gasteiger partial charge in [-0.1, -0.05) is 0 Å². The van der Waals surface area contributed by atoms with E-state index in [0.29, 0.717) is 0 Å². The molecule has 0 amide bonds. The van der Waals surface area contributed by atoms with Crippen LogP contribution in [0.25, 0.3) is 0 Å². The normalized spacial score (nSPS) is 30.3. The second-order valence-corrected chi connectivity index (χ2v) is 10.6. The van der Waals surface area contributed by atoms with E-state index in [1.165, 1.54) is 12.8 Å². The van der Waals surface area contributed by atoms with Gasteiger partial charge in [-0.3, -0.25) is 14.7 Å². The molecule has 5 heteroatoms. The molecule has 158 valence electrons. The van der Waals surface area contributed by atoms with Gasteiger partial charge in [0.25, 0.3) is 0 Å². The van der Waals surface area contributed by atoms with E-state index < -0.39 is 0 Å². The number of morpholine rings is 1. The maximum atomic E-state index is 6.80. The Bertz CT molecular complexity index is 494. The van der Waals surface area contributed by atoms with Crippen molar-refractivity contribution in [1.82, 2.24) is 14.7 Å². The van der Waals surface area contributed by atoms with Crippen LogP contribution in [0.15, 0.2) is 0 Å². The van der Waals surface area contributed by atoms with Crippen molar-refractivity contribution in [3.8, 4) is 0 Å². The highest BCUT2D eigenvalue weighted by atomic mass is 16.5. The molecule has 0 N–H and O–H groups in total. The highest BCUT2D eigenvalue weighted by Gasteiger charge is 2.50. The standard InChI is InChI=1S/C22H43N3O2/c1-20(2,3)24-12-8-10-18(24)27-19-11-9-13-25(19)22(6,7)21(4,5)23-14-16-26-17-15-23/h18-19H,8-17H2,1-7H3. The Labute approximate surface area is 167 Å². The molecule has 0 spiro atoms. The molecule has 3 saturated heterocycles. The van der Waals surface area contributed by atoms with Gasteiger partial charge in [0.05, 0.1) is 13.2 Å². The SMILES string of the molecule is CC(C)(C)N1CCCC1OC1CCCN1C(C)(C)C(C)(C)N1CCOCC1. The molecular weight excluding hydrogens is 338 g/mol. The van der Waals surface area contributed by atoms with E-state index in [2.05, 4.69) is 63.2 Å². The molecule has 2 unspecified atom stereocenters. The summed E-state index contributed by atoms with van der Waals surface area (Å²) in [4.78, 5) is 7.83. The lowest BCUT2D eigenvalue weighted by Gasteiger charge is -2.55. The van der Waals surface area contributed by atoms with Crippen LogP contribution >= 0.6 is 0 Å². The molecule has 5 nitrogen and oxygen atoms in total. The molecule has 27 heavy (non-hydrogen) atoms. The lowest BCUT2D eigenvalue weighted by molar-refractivity contribution is -0.183. The lowest BCUT2D eigenvalue weighted by atomic mass is 9.79. The molecule has 3 rings (SSSR count). The van der Waals surface area contributed by atoms with Gasteiger partial charge in [0.15, 0.2) is 0 Å². The van der Waals surface area contributed by atoms with Gasteiger partial charge >= 0.3 is 0 Å². The van der Waals surface area contributed by atoms with Crippen molar-refractivity contribution in [1.29, 1.82) is 0 Å². The van der Waals surface area contributed by atoms with Crippen LogP contribution in [0.3, 0.4) is 0 Å². The molecular formula is C22H43N3O2. The fraction of sp³-hybridized carbons (Fsp3) is 1.00. The summed E-state index contributed by atoms with van der Waals surface area (Å²) in [5.74, 6) is 0. The fourth-order valence-corrected chi connectivity index (χ4v) is 5.20. The Kier molecular flexibility index (Phi) is 6.30. The minimum Gasteiger partial charge on any atom is -0.379 e. The number of nitrogens with zero attached hydrogens (tertiary/aromatic N) is 3. The van der Waals surface area contributed by atoms with E-state index in [1.54, 1.807) is 0 Å². The first kappa shape index (κ1) is 21.5. The second-order valence-electron chi connectivity index (χ2n) is 10.6. The maximum Gasteiger partial charge on any atom is 0.113 e. The van der Waals surface area contributed by atoms with E-state index in [0.717, 1.165) is 52.2 Å². The molecule has 0 aliphatic carbocycles. The molecule has 3 aliphatic heterocycles. The van der Waals surface area contributed by atoms with Gasteiger partial charge < -0.3 is 9.47 Å². The maximum absolute atomic E-state index is 6.80. The van der Waals surface area contributed by atoms with Crippen LogP contribution in [0.5, 0.6) is 0 Å². The highest BCUT2D eigenvalue weighted by Crippen LogP contribution is 2.40. The fourth-order valence-electron chi connectivity index (χ4n) is 5.20. The Morgan fingerprint density at radius 3 is 1.78 bits per heavy atom. The predicted molar refractivity (Wildman–Crippen MR) is 111 cm³/mol. The number of hydrogen-bond acceptors (Lipinski definition) is 5. The van der Waals surface area contributed by atoms with Crippen molar-refractivity contribution in [3.63, 3.8) is 0 Å². The van der Waals surface area contributed by atoms with Gasteiger partial charge in [-0.2, -0.15) is 0 Å². The third-order valence-corrected chi connectivity index (χ3v) is 7.59. The number of ether oxygens (including phenoxy) is 2. The lowest BCUT2D eigenvalue weighted by Crippen LogP contribution is -2.68. The van der Waals surface area contributed by atoms with Crippen molar-refractivity contribution >= 4 is 0 Å². The average Bonchev–Trinajstić information content (AvgIpc) is 3.25. The van der Waals surface area contributed by atoms with Gasteiger partial charge in [-0.25, -0.2) is 0 Å². The first-order valence-corrected chi connectivity index (χ1v) is 11.1. The van der Waals surface area contributed by atoms with Gasteiger partial charge in [-0.15, -0.1) is 0 Å². The van der Waals surface area contributed by atoms with Crippen LogP contribution in [0, 0.1) is 0 Å². The number of hydrogen-bond donors (Lipinski definition) is 0. The summed E-state index contributed by atoms with van der Waals surface area (Å²) < 4.78 is 12.4. The van der Waals surface area contributed by atoms with Gasteiger partial charge in [0, 0.05) is 42.8 Å². The molecule has 3 fully saturated rings. The largest absolute Gasteiger partial charge is 0.379 e. The van der Waals surface area contributed by atoms with E-state index in [-0.39, 0.29) is 29.1 Å². The van der Waals surface area contributed by atoms with Gasteiger partial charge in [-0.05, 0) is 74.1 Å². The molecule has 3 aliphatic rings. The molecule has 0 bridgehead atoms. The van der Waals surface area contributed by atoms with Crippen molar-refractivity contribution < 1.29 is 9.47 Å². The summed E-state index contributed by atoms with van der Waals surface area (Å²) in [6.45, 7) is 22.6. The van der Waals surface area contributed by atoms with Crippen LogP contribution in [-0.4, -0.2) is 83.2 Å². The third-order valence-electron chi connectivity index (χ3n) is 7.59. The van der Waals surface area contributed by atoms with Crippen LogP contribution in [0.4, 0.5) is 0 Å². The van der Waals surface area contributed by atoms with Crippen molar-refractivity contribution in [3.05, 3.63) is 0 Å². The van der Waals surface area contributed by atoms with E-state index in [9.17, 15) is 0 Å². The van der Waals surface area contributed by atoms with Crippen LogP contribution in [0.1, 0.15) is 74.1 Å². The number of rotatable bonds is 5. The Morgan fingerprint density at radius 1 is 0.704 bits per heavy atom. The molecule has 2 atom stereocenters. The zero-order chi connectivity index (χ0) is 19.9. The minimum atomic E-state index is 0.0384. The van der Waals surface area contributed by atoms with E-state index >= 15 is 0 Å². The zero-order valence-corrected chi connectivity index (χ0v) is 18.9. The van der Waals surface area contributed by atoms with Crippen LogP contribution in [0.2, 0.25) is 0 Å². The quantitative estimate of drug-likeness (QED) is 0.726. The molecule has 0 aromatic rings. The zero-order valence-electron chi connectivity index (χ0n) is 18.9. The summed E-state index contributed by atoms with van der Waals surface area (Å²) in [5.41, 5.74) is 0.284. The Morgan fingerprint density at radius 2 is 1.22 bits per heavy atom. The van der Waals surface area contributed by atoms with Gasteiger partial charge in [0.1, 0.15) is 12.5 Å². The molecule has 0 aromatic heterocycles. The van der Waals surface area contributed by atoms with Crippen LogP contribution in [-0.2, 0) is 9.47 Å². The summed E-state index contributed by atoms with van der Waals surface area (Å²) in [5, 5.41) is 0. The molecule has 3 heterocycles. The average molecular weight is 382 g/mol. The Hall–Kier alpha value is -0.200. The summed E-state index contributed by atoms with van der Waals surface area (Å²) in [6, 6.07) is 0. The minimum absolute atomic E-state index is 0.0384. The Balaban J connectivity index is 1.72. The van der Waals surface area contributed by atoms with Crippen molar-refractivity contribution in [2.75, 3.05) is 39.4 Å². The predicted octanol–water partition coefficient (Wildman–Crippen LogP) is 3.53. The summed E-state index contributed by atoms with van der Waals surface area (Å²) in [7, 11) is 0. The van der Waals surface area contributed by atoms with E-state index in [4.69, 9.17) is 9.47 Å². The van der Waals surface area contributed by atoms with Crippen LogP contribution < -0.4 is 0 Å². The van der Waals surface area contributed by atoms with Crippen molar-refractivity contribution in [2.45, 2.75) is 103 Å². The van der Waals surface area contributed by atoms with E-state index in [1.807, 2.05) is 0 Å². The monoisotopic (exact) mass is 381 g/mol. The first-order valence-electron chi connectivity index (χ1n) is 11.1. The highest BCUT2D eigenvalue weighted by molar-refractivity contribution is 5.05. The molecule has 0 radical (unpaired) electrons. The first-order chi connectivity index (χ1) is 12.5.